The SMILES string of the molecule is CCC[CH2][Sn]([CH2]CCC)([CH2]CCC)[c]1ccccc1I. The second kappa shape index (κ2) is 10.5. The van der Waals surface area contributed by atoms with Crippen LogP contribution >= 0.6 is 22.6 Å². The first-order valence-electron chi connectivity index (χ1n) is 8.45. The van der Waals surface area contributed by atoms with Crippen LogP contribution in [0.1, 0.15) is 59.3 Å². The number of halogens is 1. The number of hydrogen-bond donors (Lipinski definition) is 0. The fourth-order valence-electron chi connectivity index (χ4n) is 3.22. The van der Waals surface area contributed by atoms with Crippen molar-refractivity contribution >= 4 is 44.5 Å². The number of benzene rings is 1. The predicted molar refractivity (Wildman–Crippen MR) is 104 cm³/mol. The maximum atomic E-state index is 2.59. The predicted octanol–water partition coefficient (Wildman–Crippen LogP) is 6.35. The van der Waals surface area contributed by atoms with Gasteiger partial charge in [-0.25, -0.2) is 0 Å². The molecule has 0 N–H and O–H groups in total. The van der Waals surface area contributed by atoms with Crippen LogP contribution in [-0.4, -0.2) is 18.4 Å². The molecule has 0 aromatic heterocycles. The average Bonchev–Trinajstić information content (AvgIpc) is 2.48. The average molecular weight is 493 g/mol. The van der Waals surface area contributed by atoms with E-state index in [1.807, 2.05) is 3.58 Å². The molecule has 0 aliphatic rings. The van der Waals surface area contributed by atoms with Crippen molar-refractivity contribution in [2.75, 3.05) is 0 Å². The third-order valence-electron chi connectivity index (χ3n) is 4.47. The Labute approximate surface area is 144 Å². The van der Waals surface area contributed by atoms with Crippen molar-refractivity contribution in [1.82, 2.24) is 0 Å². The Kier molecular flexibility index (Phi) is 9.84. The van der Waals surface area contributed by atoms with Crippen molar-refractivity contribution in [3.05, 3.63) is 27.8 Å². The Morgan fingerprint density at radius 1 is 0.800 bits per heavy atom. The molecule has 0 saturated heterocycles. The molecule has 0 atom stereocenters. The molecule has 0 heterocycles. The van der Waals surface area contributed by atoms with Gasteiger partial charge in [0.2, 0.25) is 0 Å². The van der Waals surface area contributed by atoms with Crippen LogP contribution in [-0.2, 0) is 0 Å². The van der Waals surface area contributed by atoms with Crippen LogP contribution in [0, 0.1) is 3.57 Å². The van der Waals surface area contributed by atoms with E-state index in [4.69, 9.17) is 0 Å². The van der Waals surface area contributed by atoms with Gasteiger partial charge in [-0.15, -0.1) is 0 Å². The molecule has 0 nitrogen and oxygen atoms in total. The topological polar surface area (TPSA) is 0 Å². The quantitative estimate of drug-likeness (QED) is 0.264. The van der Waals surface area contributed by atoms with E-state index in [9.17, 15) is 0 Å². The zero-order valence-corrected chi connectivity index (χ0v) is 18.6. The molecule has 2 heteroatoms. The summed E-state index contributed by atoms with van der Waals surface area (Å²) >= 11 is 0.428. The van der Waals surface area contributed by atoms with Gasteiger partial charge in [-0.1, -0.05) is 0 Å². The summed E-state index contributed by atoms with van der Waals surface area (Å²) in [5.74, 6) is 0. The van der Waals surface area contributed by atoms with Gasteiger partial charge >= 0.3 is 145 Å². The van der Waals surface area contributed by atoms with Gasteiger partial charge in [0.05, 0.1) is 0 Å². The molecule has 1 rings (SSSR count). The van der Waals surface area contributed by atoms with Crippen molar-refractivity contribution in [3.63, 3.8) is 0 Å². The molecule has 0 fully saturated rings. The fourth-order valence-corrected chi connectivity index (χ4v) is 23.7. The van der Waals surface area contributed by atoms with Crippen molar-refractivity contribution in [2.24, 2.45) is 0 Å². The van der Waals surface area contributed by atoms with E-state index in [0.29, 0.717) is 0 Å². The third kappa shape index (κ3) is 5.51. The summed E-state index contributed by atoms with van der Waals surface area (Å²) in [5, 5.41) is 0. The summed E-state index contributed by atoms with van der Waals surface area (Å²) in [6.45, 7) is 7.06. The Morgan fingerprint density at radius 2 is 1.25 bits per heavy atom. The van der Waals surface area contributed by atoms with Crippen LogP contribution in [0.15, 0.2) is 24.3 Å². The normalized spacial score (nSPS) is 11.8. The molecule has 1 aromatic carbocycles. The van der Waals surface area contributed by atoms with E-state index >= 15 is 0 Å². The monoisotopic (exact) mass is 494 g/mol. The Hall–Kier alpha value is 0.749. The molecule has 0 spiro atoms. The molecular weight excluding hydrogens is 462 g/mol. The van der Waals surface area contributed by atoms with Crippen LogP contribution in [0.5, 0.6) is 0 Å². The minimum absolute atomic E-state index is 1.36. The number of rotatable bonds is 10. The summed E-state index contributed by atoms with van der Waals surface area (Å²) in [6.07, 6.45) is 8.44. The molecule has 1 aromatic rings. The molecule has 20 heavy (non-hydrogen) atoms. The van der Waals surface area contributed by atoms with E-state index in [1.165, 1.54) is 38.5 Å². The van der Waals surface area contributed by atoms with Crippen LogP contribution in [0.3, 0.4) is 0 Å². The van der Waals surface area contributed by atoms with Crippen molar-refractivity contribution in [3.8, 4) is 0 Å². The molecule has 0 unspecified atom stereocenters. The summed E-state index contributed by atoms with van der Waals surface area (Å²) in [7, 11) is 0. The molecule has 0 aliphatic heterocycles. The minimum atomic E-state index is -2.17. The first-order valence-corrected chi connectivity index (χ1v) is 17.0. The fraction of sp³-hybridized carbons (Fsp3) is 0.667. The maximum absolute atomic E-state index is 2.59. The zero-order chi connectivity index (χ0) is 14.8. The van der Waals surface area contributed by atoms with E-state index in [-0.39, 0.29) is 0 Å². The van der Waals surface area contributed by atoms with Gasteiger partial charge in [0.25, 0.3) is 0 Å². The van der Waals surface area contributed by atoms with Crippen LogP contribution in [0.4, 0.5) is 0 Å². The third-order valence-corrected chi connectivity index (χ3v) is 22.6. The van der Waals surface area contributed by atoms with Crippen LogP contribution in [0.25, 0.3) is 0 Å². The van der Waals surface area contributed by atoms with E-state index < -0.39 is 18.4 Å². The Bertz CT molecular complexity index is 354. The molecule has 0 bridgehead atoms. The van der Waals surface area contributed by atoms with Gasteiger partial charge in [-0.05, 0) is 0 Å². The van der Waals surface area contributed by atoms with Gasteiger partial charge in [0.1, 0.15) is 0 Å². The second-order valence-corrected chi connectivity index (χ2v) is 20.4. The van der Waals surface area contributed by atoms with Crippen LogP contribution < -0.4 is 3.58 Å². The standard InChI is InChI=1S/C6H4I.3C4H9.Sn/c7-6-4-2-1-3-5-6;3*1-3-4-2;/h1-4H;3*1,3-4H2,2H3;. The van der Waals surface area contributed by atoms with Gasteiger partial charge in [0, 0.05) is 0 Å². The number of hydrogen-bond acceptors (Lipinski definition) is 0. The van der Waals surface area contributed by atoms with E-state index in [0.717, 1.165) is 0 Å². The summed E-state index contributed by atoms with van der Waals surface area (Å²) < 4.78 is 8.11. The van der Waals surface area contributed by atoms with Gasteiger partial charge in [-0.3, -0.25) is 0 Å². The summed E-state index contributed by atoms with van der Waals surface area (Å²) in [5.41, 5.74) is 0. The van der Waals surface area contributed by atoms with Crippen molar-refractivity contribution in [1.29, 1.82) is 0 Å². The first-order chi connectivity index (χ1) is 9.70. The van der Waals surface area contributed by atoms with Crippen molar-refractivity contribution in [2.45, 2.75) is 72.6 Å². The Balaban J connectivity index is 3.08. The van der Waals surface area contributed by atoms with E-state index in [2.05, 4.69) is 67.6 Å². The summed E-state index contributed by atoms with van der Waals surface area (Å²) in [4.78, 5) is 0. The molecule has 0 radical (unpaired) electrons. The summed E-state index contributed by atoms with van der Waals surface area (Å²) in [6, 6.07) is 9.32. The molecule has 0 saturated carbocycles. The van der Waals surface area contributed by atoms with Gasteiger partial charge < -0.3 is 0 Å². The van der Waals surface area contributed by atoms with Gasteiger partial charge in [0.15, 0.2) is 0 Å². The number of unbranched alkanes of at least 4 members (excludes halogenated alkanes) is 3. The molecular formula is C18H31ISn. The van der Waals surface area contributed by atoms with Crippen LogP contribution in [0.2, 0.25) is 13.3 Å². The van der Waals surface area contributed by atoms with Crippen molar-refractivity contribution < 1.29 is 0 Å². The Morgan fingerprint density at radius 3 is 1.65 bits per heavy atom. The first kappa shape index (κ1) is 18.8. The molecule has 114 valence electrons. The van der Waals surface area contributed by atoms with Gasteiger partial charge in [-0.2, -0.15) is 0 Å². The zero-order valence-electron chi connectivity index (χ0n) is 13.6. The molecule has 0 aliphatic carbocycles. The second-order valence-electron chi connectivity index (χ2n) is 6.07. The molecule has 0 amide bonds. The van der Waals surface area contributed by atoms with E-state index in [1.54, 1.807) is 16.9 Å².